The van der Waals surface area contributed by atoms with Crippen LogP contribution in [-0.4, -0.2) is 32.3 Å². The van der Waals surface area contributed by atoms with Gasteiger partial charge in [0.15, 0.2) is 5.69 Å². The number of hydrogen-bond donors (Lipinski definition) is 5. The first-order chi connectivity index (χ1) is 16.5. The number of rotatable bonds is 9. The minimum absolute atomic E-state index is 0.129. The molecule has 0 aliphatic carbocycles. The van der Waals surface area contributed by atoms with Crippen molar-refractivity contribution in [1.29, 1.82) is 0 Å². The Morgan fingerprint density at radius 1 is 0.971 bits per heavy atom. The Labute approximate surface area is 196 Å². The number of hydrogen-bond acceptors (Lipinski definition) is 5. The quantitative estimate of drug-likeness (QED) is 0.259. The van der Waals surface area contributed by atoms with E-state index in [1.807, 2.05) is 54.6 Å². The highest BCUT2D eigenvalue weighted by molar-refractivity contribution is 6.03. The lowest BCUT2D eigenvalue weighted by Gasteiger charge is -2.17. The highest BCUT2D eigenvalue weighted by Gasteiger charge is 2.17. The van der Waals surface area contributed by atoms with Gasteiger partial charge in [0.25, 0.3) is 5.91 Å². The van der Waals surface area contributed by atoms with Crippen molar-refractivity contribution in [2.45, 2.75) is 19.1 Å². The smallest absolute Gasteiger partial charge is 0.307 e. The molecule has 0 bridgehead atoms. The van der Waals surface area contributed by atoms with Gasteiger partial charge < -0.3 is 20.8 Å². The summed E-state index contributed by atoms with van der Waals surface area (Å²) in [4.78, 5) is 23.8. The van der Waals surface area contributed by atoms with E-state index in [0.717, 1.165) is 16.8 Å². The SMILES string of the molecule is O=C(O)Cc1cccc(NC(=O)c2n[nH]cc2CNc2ccccc2C(O)c2ccccc2)c1. The number of aromatic amines is 1. The monoisotopic (exact) mass is 456 g/mol. The summed E-state index contributed by atoms with van der Waals surface area (Å²) in [6.07, 6.45) is 0.712. The fourth-order valence-corrected chi connectivity index (χ4v) is 3.67. The molecular weight excluding hydrogens is 432 g/mol. The topological polar surface area (TPSA) is 127 Å². The molecule has 0 saturated carbocycles. The van der Waals surface area contributed by atoms with Crippen molar-refractivity contribution in [3.8, 4) is 0 Å². The van der Waals surface area contributed by atoms with E-state index in [1.54, 1.807) is 30.5 Å². The van der Waals surface area contributed by atoms with Crippen molar-refractivity contribution >= 4 is 23.3 Å². The Balaban J connectivity index is 1.46. The standard InChI is InChI=1S/C26H24N4O4/c31-23(32)14-17-7-6-10-20(13-17)29-26(34)24-19(16-28-30-24)15-27-22-12-5-4-11-21(22)25(33)18-8-2-1-3-9-18/h1-13,16,25,27,33H,14-15H2,(H,28,30)(H,29,34)(H,31,32). The number of carbonyl (C=O) groups excluding carboxylic acids is 1. The molecule has 0 aliphatic rings. The number of aliphatic carboxylic acids is 1. The van der Waals surface area contributed by atoms with Crippen LogP contribution in [0.5, 0.6) is 0 Å². The van der Waals surface area contributed by atoms with Crippen LogP contribution in [0.2, 0.25) is 0 Å². The van der Waals surface area contributed by atoms with E-state index in [2.05, 4.69) is 20.8 Å². The zero-order valence-electron chi connectivity index (χ0n) is 18.2. The number of carboxylic acid groups (broad SMARTS) is 1. The Morgan fingerprint density at radius 2 is 1.74 bits per heavy atom. The lowest BCUT2D eigenvalue weighted by molar-refractivity contribution is -0.136. The molecule has 1 atom stereocenters. The molecule has 4 rings (SSSR count). The number of benzene rings is 3. The average Bonchev–Trinajstić information content (AvgIpc) is 3.32. The highest BCUT2D eigenvalue weighted by atomic mass is 16.4. The Morgan fingerprint density at radius 3 is 2.53 bits per heavy atom. The van der Waals surface area contributed by atoms with Crippen molar-refractivity contribution in [3.63, 3.8) is 0 Å². The fraction of sp³-hybridized carbons (Fsp3) is 0.115. The molecule has 1 amide bonds. The third kappa shape index (κ3) is 5.48. The van der Waals surface area contributed by atoms with Gasteiger partial charge in [-0.15, -0.1) is 0 Å². The van der Waals surface area contributed by atoms with Crippen LogP contribution in [0.25, 0.3) is 0 Å². The molecule has 5 N–H and O–H groups in total. The van der Waals surface area contributed by atoms with Gasteiger partial charge >= 0.3 is 5.97 Å². The molecule has 0 aliphatic heterocycles. The number of nitrogens with zero attached hydrogens (tertiary/aromatic N) is 1. The number of H-pyrrole nitrogens is 1. The number of nitrogens with one attached hydrogen (secondary N) is 3. The van der Waals surface area contributed by atoms with E-state index in [9.17, 15) is 14.7 Å². The second-order valence-corrected chi connectivity index (χ2v) is 7.74. The second kappa shape index (κ2) is 10.5. The zero-order chi connectivity index (χ0) is 23.9. The molecule has 0 radical (unpaired) electrons. The summed E-state index contributed by atoms with van der Waals surface area (Å²) in [6, 6.07) is 23.5. The van der Waals surface area contributed by atoms with Gasteiger partial charge in [-0.2, -0.15) is 5.10 Å². The van der Waals surface area contributed by atoms with Gasteiger partial charge in [-0.1, -0.05) is 60.7 Å². The normalized spacial score (nSPS) is 11.6. The summed E-state index contributed by atoms with van der Waals surface area (Å²) in [5, 5.41) is 32.7. The number of para-hydroxylation sites is 1. The van der Waals surface area contributed by atoms with E-state index >= 15 is 0 Å². The van der Waals surface area contributed by atoms with Crippen LogP contribution < -0.4 is 10.6 Å². The number of amides is 1. The summed E-state index contributed by atoms with van der Waals surface area (Å²) < 4.78 is 0. The molecule has 1 unspecified atom stereocenters. The van der Waals surface area contributed by atoms with Crippen LogP contribution in [0.15, 0.2) is 85.1 Å². The van der Waals surface area contributed by atoms with Gasteiger partial charge in [0, 0.05) is 35.2 Å². The molecule has 172 valence electrons. The Hall–Kier alpha value is -4.43. The summed E-state index contributed by atoms with van der Waals surface area (Å²) in [5.41, 5.74) is 4.18. The van der Waals surface area contributed by atoms with Gasteiger partial charge in [0.05, 0.1) is 6.42 Å². The van der Waals surface area contributed by atoms with E-state index in [0.29, 0.717) is 23.4 Å². The molecule has 0 saturated heterocycles. The molecule has 3 aromatic carbocycles. The minimum Gasteiger partial charge on any atom is -0.481 e. The Kier molecular flexibility index (Phi) is 7.00. The van der Waals surface area contributed by atoms with Crippen molar-refractivity contribution in [1.82, 2.24) is 10.2 Å². The van der Waals surface area contributed by atoms with Crippen molar-refractivity contribution in [2.24, 2.45) is 0 Å². The van der Waals surface area contributed by atoms with Crippen molar-refractivity contribution < 1.29 is 19.8 Å². The highest BCUT2D eigenvalue weighted by Crippen LogP contribution is 2.28. The zero-order valence-corrected chi connectivity index (χ0v) is 18.2. The lowest BCUT2D eigenvalue weighted by atomic mass is 10.00. The molecular formula is C26H24N4O4. The molecule has 4 aromatic rings. The van der Waals surface area contributed by atoms with Crippen LogP contribution in [0.1, 0.15) is 38.8 Å². The molecule has 1 heterocycles. The van der Waals surface area contributed by atoms with Crippen LogP contribution in [0.3, 0.4) is 0 Å². The third-order valence-electron chi connectivity index (χ3n) is 5.31. The maximum Gasteiger partial charge on any atom is 0.307 e. The summed E-state index contributed by atoms with van der Waals surface area (Å²) >= 11 is 0. The molecule has 0 fully saturated rings. The number of anilines is 2. The van der Waals surface area contributed by atoms with Crippen LogP contribution in [0.4, 0.5) is 11.4 Å². The predicted molar refractivity (Wildman–Crippen MR) is 129 cm³/mol. The predicted octanol–water partition coefficient (Wildman–Crippen LogP) is 3.98. The van der Waals surface area contributed by atoms with Gasteiger partial charge in [0.2, 0.25) is 0 Å². The molecule has 1 aromatic heterocycles. The number of aromatic nitrogens is 2. The summed E-state index contributed by atoms with van der Waals surface area (Å²) in [5.74, 6) is -1.36. The van der Waals surface area contributed by atoms with E-state index < -0.39 is 18.0 Å². The van der Waals surface area contributed by atoms with Gasteiger partial charge in [-0.25, -0.2) is 0 Å². The van der Waals surface area contributed by atoms with E-state index in [-0.39, 0.29) is 12.1 Å². The minimum atomic E-state index is -0.943. The summed E-state index contributed by atoms with van der Waals surface area (Å²) in [7, 11) is 0. The molecule has 8 heteroatoms. The van der Waals surface area contributed by atoms with Gasteiger partial charge in [0.1, 0.15) is 6.10 Å². The lowest BCUT2D eigenvalue weighted by Crippen LogP contribution is -2.16. The molecule has 8 nitrogen and oxygen atoms in total. The van der Waals surface area contributed by atoms with Crippen LogP contribution in [-0.2, 0) is 17.8 Å². The van der Waals surface area contributed by atoms with E-state index in [1.165, 1.54) is 0 Å². The molecule has 34 heavy (non-hydrogen) atoms. The van der Waals surface area contributed by atoms with Crippen molar-refractivity contribution in [3.05, 3.63) is 113 Å². The molecule has 0 spiro atoms. The van der Waals surface area contributed by atoms with E-state index in [4.69, 9.17) is 5.11 Å². The number of aliphatic hydroxyl groups excluding tert-OH is 1. The van der Waals surface area contributed by atoms with Crippen LogP contribution in [0, 0.1) is 0 Å². The van der Waals surface area contributed by atoms with Crippen LogP contribution >= 0.6 is 0 Å². The first kappa shape index (κ1) is 22.8. The fourth-order valence-electron chi connectivity index (χ4n) is 3.67. The maximum atomic E-state index is 12.8. The largest absolute Gasteiger partial charge is 0.481 e. The number of aliphatic hydroxyl groups is 1. The van der Waals surface area contributed by atoms with Gasteiger partial charge in [-0.3, -0.25) is 14.7 Å². The summed E-state index contributed by atoms with van der Waals surface area (Å²) in [6.45, 7) is 0.302. The maximum absolute atomic E-state index is 12.8. The number of carboxylic acids is 1. The number of carbonyl (C=O) groups is 2. The Bertz CT molecular complexity index is 1290. The average molecular weight is 457 g/mol. The van der Waals surface area contributed by atoms with Crippen molar-refractivity contribution in [2.75, 3.05) is 10.6 Å². The van der Waals surface area contributed by atoms with Gasteiger partial charge in [-0.05, 0) is 29.3 Å². The first-order valence-electron chi connectivity index (χ1n) is 10.7. The second-order valence-electron chi connectivity index (χ2n) is 7.74. The third-order valence-corrected chi connectivity index (χ3v) is 5.31. The first-order valence-corrected chi connectivity index (χ1v) is 10.7.